The Balaban J connectivity index is 1.21. The predicted molar refractivity (Wildman–Crippen MR) is 140 cm³/mol. The van der Waals surface area contributed by atoms with Crippen molar-refractivity contribution in [2.75, 3.05) is 18.5 Å². The van der Waals surface area contributed by atoms with Crippen LogP contribution in [0.3, 0.4) is 0 Å². The molecule has 35 heavy (non-hydrogen) atoms. The molecular formula is C28H35N5O2. The molecule has 4 N–H and O–H groups in total. The fraction of sp³-hybridized carbons (Fsp3) is 0.464. The van der Waals surface area contributed by atoms with Crippen molar-refractivity contribution in [1.82, 2.24) is 10.6 Å². The van der Waals surface area contributed by atoms with Crippen molar-refractivity contribution in [2.24, 2.45) is 10.9 Å². The molecule has 2 aliphatic carbocycles. The minimum atomic E-state index is -0.134. The van der Waals surface area contributed by atoms with Crippen LogP contribution in [0.5, 0.6) is 5.75 Å². The summed E-state index contributed by atoms with van der Waals surface area (Å²) in [6.45, 7) is 0.966. The lowest BCUT2D eigenvalue weighted by Gasteiger charge is -2.21. The molecule has 5 rings (SSSR count). The number of amides is 1. The number of rotatable bonds is 9. The van der Waals surface area contributed by atoms with Crippen molar-refractivity contribution in [3.8, 4) is 5.75 Å². The maximum absolute atomic E-state index is 11.4. The Kier molecular flexibility index (Phi) is 7.31. The molecule has 0 aromatic heterocycles. The number of carbonyl (C=O) groups excluding carboxylic acids is 1. The molecule has 0 unspecified atom stereocenters. The Morgan fingerprint density at radius 1 is 1.09 bits per heavy atom. The van der Waals surface area contributed by atoms with E-state index in [1.807, 2.05) is 24.3 Å². The van der Waals surface area contributed by atoms with Gasteiger partial charge in [0, 0.05) is 23.0 Å². The molecule has 2 saturated carbocycles. The molecule has 1 amide bonds. The molecule has 184 valence electrons. The zero-order chi connectivity index (χ0) is 24.0. The first-order chi connectivity index (χ1) is 17.1. The molecule has 7 nitrogen and oxygen atoms in total. The van der Waals surface area contributed by atoms with Crippen LogP contribution >= 0.6 is 0 Å². The lowest BCUT2D eigenvalue weighted by molar-refractivity contribution is -0.117. The second-order valence-electron chi connectivity index (χ2n) is 9.93. The Bertz CT molecular complexity index is 1100. The first-order valence-electron chi connectivity index (χ1n) is 13.0. The summed E-state index contributed by atoms with van der Waals surface area (Å²) in [5.74, 6) is 2.63. The van der Waals surface area contributed by atoms with E-state index in [1.54, 1.807) is 0 Å². The summed E-state index contributed by atoms with van der Waals surface area (Å²) >= 11 is 0. The normalized spacial score (nSPS) is 19.3. The Labute approximate surface area is 207 Å². The molecular weight excluding hydrogens is 438 g/mol. The van der Waals surface area contributed by atoms with E-state index in [-0.39, 0.29) is 18.3 Å². The van der Waals surface area contributed by atoms with Crippen LogP contribution in [0, 0.1) is 11.3 Å². The van der Waals surface area contributed by atoms with Crippen LogP contribution in [0.15, 0.2) is 47.5 Å². The number of hydrogen-bond acceptors (Lipinski definition) is 4. The van der Waals surface area contributed by atoms with Crippen LogP contribution in [0.4, 0.5) is 11.4 Å². The van der Waals surface area contributed by atoms with Crippen molar-refractivity contribution in [3.05, 3.63) is 53.6 Å². The molecule has 1 heterocycles. The number of aliphatic imine (C=N–C) groups is 1. The van der Waals surface area contributed by atoms with Gasteiger partial charge in [0.25, 0.3) is 0 Å². The molecule has 1 aliphatic heterocycles. The number of hydrogen-bond donors (Lipinski definition) is 4. The first kappa shape index (κ1) is 23.4. The predicted octanol–water partition coefficient (Wildman–Crippen LogP) is 5.45. The molecule has 2 aromatic carbocycles. The minimum Gasteiger partial charge on any atom is -0.494 e. The number of guanidine groups is 1. The van der Waals surface area contributed by atoms with Crippen molar-refractivity contribution < 1.29 is 9.53 Å². The molecule has 3 fully saturated rings. The van der Waals surface area contributed by atoms with Crippen molar-refractivity contribution in [2.45, 2.75) is 63.7 Å². The molecule has 1 saturated heterocycles. The van der Waals surface area contributed by atoms with E-state index in [0.29, 0.717) is 11.9 Å². The van der Waals surface area contributed by atoms with Gasteiger partial charge in [0.15, 0.2) is 5.84 Å². The molecule has 0 atom stereocenters. The first-order valence-corrected chi connectivity index (χ1v) is 13.0. The fourth-order valence-electron chi connectivity index (χ4n) is 5.04. The van der Waals surface area contributed by atoms with Gasteiger partial charge in [-0.05, 0) is 73.4 Å². The number of carbonyl (C=O) groups is 1. The van der Waals surface area contributed by atoms with Gasteiger partial charge in [0.1, 0.15) is 5.75 Å². The molecule has 3 aliphatic rings. The highest BCUT2D eigenvalue weighted by molar-refractivity contribution is 6.11. The largest absolute Gasteiger partial charge is 0.494 e. The van der Waals surface area contributed by atoms with Gasteiger partial charge >= 0.3 is 0 Å². The van der Waals surface area contributed by atoms with Crippen LogP contribution in [-0.4, -0.2) is 30.9 Å². The SMILES string of the molecule is N=C(/N=C1\NCC(=O)N1)c1ccc(Nc2cccc(OCCCC3CCCCC3)c2)c(C2CC2)c1. The van der Waals surface area contributed by atoms with Crippen LogP contribution < -0.4 is 20.7 Å². The number of ether oxygens (including phenoxy) is 1. The second kappa shape index (κ2) is 10.9. The van der Waals surface area contributed by atoms with Gasteiger partial charge in [-0.15, -0.1) is 0 Å². The number of benzene rings is 2. The topological polar surface area (TPSA) is 98.6 Å². The molecule has 0 spiro atoms. The summed E-state index contributed by atoms with van der Waals surface area (Å²) in [4.78, 5) is 15.6. The smallest absolute Gasteiger partial charge is 0.246 e. The summed E-state index contributed by atoms with van der Waals surface area (Å²) in [6, 6.07) is 14.1. The van der Waals surface area contributed by atoms with E-state index < -0.39 is 0 Å². The van der Waals surface area contributed by atoms with Gasteiger partial charge in [-0.3, -0.25) is 15.5 Å². The van der Waals surface area contributed by atoms with Gasteiger partial charge in [0.2, 0.25) is 11.9 Å². The van der Waals surface area contributed by atoms with Crippen LogP contribution in [0.2, 0.25) is 0 Å². The Morgan fingerprint density at radius 2 is 1.94 bits per heavy atom. The fourth-order valence-corrected chi connectivity index (χ4v) is 5.04. The zero-order valence-corrected chi connectivity index (χ0v) is 20.2. The lowest BCUT2D eigenvalue weighted by Crippen LogP contribution is -2.26. The zero-order valence-electron chi connectivity index (χ0n) is 20.2. The monoisotopic (exact) mass is 473 g/mol. The summed E-state index contributed by atoms with van der Waals surface area (Å²) in [7, 11) is 0. The molecule has 2 aromatic rings. The standard InChI is InChI=1S/C28H35N5O2/c29-27(33-28-30-18-26(34)32-28)21-13-14-25(24(16-21)20-11-12-20)31-22-9-4-10-23(17-22)35-15-5-8-19-6-2-1-3-7-19/h4,9-10,13-14,16-17,19-20,31H,1-3,5-8,11-12,15,18H2,(H3,29,30,32,33,34). The van der Waals surface area contributed by atoms with Crippen molar-refractivity contribution in [1.29, 1.82) is 5.41 Å². The minimum absolute atomic E-state index is 0.131. The Hall–Kier alpha value is -3.35. The van der Waals surface area contributed by atoms with E-state index in [0.717, 1.165) is 54.5 Å². The maximum Gasteiger partial charge on any atom is 0.246 e. The summed E-state index contributed by atoms with van der Waals surface area (Å²) in [5.41, 5.74) is 3.99. The molecule has 0 bridgehead atoms. The highest BCUT2D eigenvalue weighted by atomic mass is 16.5. The van der Waals surface area contributed by atoms with Crippen LogP contribution in [0.1, 0.15) is 74.8 Å². The van der Waals surface area contributed by atoms with Crippen molar-refractivity contribution in [3.63, 3.8) is 0 Å². The highest BCUT2D eigenvalue weighted by Crippen LogP contribution is 2.44. The van der Waals surface area contributed by atoms with Crippen LogP contribution in [-0.2, 0) is 4.79 Å². The highest BCUT2D eigenvalue weighted by Gasteiger charge is 2.27. The van der Waals surface area contributed by atoms with E-state index in [2.05, 4.69) is 39.1 Å². The summed E-state index contributed by atoms with van der Waals surface area (Å²) in [5, 5.41) is 17.4. The summed E-state index contributed by atoms with van der Waals surface area (Å²) in [6.07, 6.45) is 11.7. The molecule has 7 heteroatoms. The number of nitrogens with zero attached hydrogens (tertiary/aromatic N) is 1. The Morgan fingerprint density at radius 3 is 2.71 bits per heavy atom. The third kappa shape index (κ3) is 6.41. The van der Waals surface area contributed by atoms with Gasteiger partial charge < -0.3 is 15.4 Å². The van der Waals surface area contributed by atoms with E-state index >= 15 is 0 Å². The average molecular weight is 474 g/mol. The maximum atomic E-state index is 11.4. The number of amidine groups is 1. The van der Waals surface area contributed by atoms with Gasteiger partial charge in [-0.2, -0.15) is 4.99 Å². The third-order valence-corrected chi connectivity index (χ3v) is 7.10. The van der Waals surface area contributed by atoms with Gasteiger partial charge in [0.05, 0.1) is 13.2 Å². The van der Waals surface area contributed by atoms with E-state index in [4.69, 9.17) is 10.1 Å². The van der Waals surface area contributed by atoms with E-state index in [9.17, 15) is 4.79 Å². The van der Waals surface area contributed by atoms with Crippen molar-refractivity contribution >= 4 is 29.1 Å². The summed E-state index contributed by atoms with van der Waals surface area (Å²) < 4.78 is 6.07. The third-order valence-electron chi connectivity index (χ3n) is 7.10. The van der Waals surface area contributed by atoms with Crippen LogP contribution in [0.25, 0.3) is 0 Å². The number of anilines is 2. The lowest BCUT2D eigenvalue weighted by atomic mass is 9.86. The molecule has 0 radical (unpaired) electrons. The van der Waals surface area contributed by atoms with Gasteiger partial charge in [-0.25, -0.2) is 0 Å². The second-order valence-corrected chi connectivity index (χ2v) is 9.93. The quantitative estimate of drug-likeness (QED) is 0.221. The average Bonchev–Trinajstić information content (AvgIpc) is 3.64. The van der Waals surface area contributed by atoms with Gasteiger partial charge in [-0.1, -0.05) is 38.2 Å². The number of nitrogens with one attached hydrogen (secondary N) is 4. The van der Waals surface area contributed by atoms with E-state index in [1.165, 1.54) is 44.1 Å².